The number of carbonyl (C=O) groups is 2. The molecule has 2 amide bonds. The van der Waals surface area contributed by atoms with Gasteiger partial charge in [0.1, 0.15) is 18.5 Å². The Labute approximate surface area is 214 Å². The second-order valence-corrected chi connectivity index (χ2v) is 11.0. The van der Waals surface area contributed by atoms with Crippen molar-refractivity contribution in [1.82, 2.24) is 9.80 Å². The number of hydrogen-bond donors (Lipinski definition) is 0. The number of likely N-dealkylation sites (tertiary alicyclic amines) is 2. The molecule has 2 heterocycles. The maximum atomic E-state index is 12.7. The molecule has 8 heteroatoms. The molecule has 0 N–H and O–H groups in total. The lowest BCUT2D eigenvalue weighted by Gasteiger charge is -2.35. The van der Waals surface area contributed by atoms with Crippen LogP contribution in [0.15, 0.2) is 35.5 Å². The van der Waals surface area contributed by atoms with Gasteiger partial charge in [-0.15, -0.1) is 0 Å². The van der Waals surface area contributed by atoms with Crippen LogP contribution in [0.25, 0.3) is 5.57 Å². The van der Waals surface area contributed by atoms with Crippen LogP contribution >= 0.6 is 0 Å². The largest absolute Gasteiger partial charge is 0.493 e. The van der Waals surface area contributed by atoms with Gasteiger partial charge in [-0.25, -0.2) is 4.79 Å². The molecule has 8 nitrogen and oxygen atoms in total. The Morgan fingerprint density at radius 1 is 1.03 bits per heavy atom. The molecule has 0 saturated carbocycles. The number of piperidine rings is 1. The SMILES string of the molecule is CON=C1CN(C(=O)C2CC=C(c3ccc(OCC4CCN(C(=O)OC(C)(C)C)CC4)cc3)CC2)C1. The second kappa shape index (κ2) is 11.4. The van der Waals surface area contributed by atoms with Crippen molar-refractivity contribution in [2.45, 2.75) is 58.5 Å². The molecular weight excluding hydrogens is 458 g/mol. The molecule has 1 unspecified atom stereocenters. The van der Waals surface area contributed by atoms with Crippen LogP contribution in [0.2, 0.25) is 0 Å². The van der Waals surface area contributed by atoms with E-state index in [0.717, 1.165) is 43.6 Å². The van der Waals surface area contributed by atoms with Gasteiger partial charge in [0, 0.05) is 19.0 Å². The molecular formula is C28H39N3O5. The van der Waals surface area contributed by atoms with Crippen LogP contribution in [0, 0.1) is 11.8 Å². The highest BCUT2D eigenvalue weighted by molar-refractivity contribution is 6.00. The standard InChI is InChI=1S/C28H39N3O5/c1-28(2,3)36-27(33)30-15-13-20(14-16-30)19-35-25-11-9-22(10-12-25)21-5-7-23(8-6-21)26(32)31-17-24(18-31)29-34-4/h5,9-12,20,23H,6-8,13-19H2,1-4H3. The molecule has 2 saturated heterocycles. The van der Waals surface area contributed by atoms with Gasteiger partial charge in [-0.1, -0.05) is 23.4 Å². The van der Waals surface area contributed by atoms with Crippen molar-refractivity contribution < 1.29 is 23.9 Å². The van der Waals surface area contributed by atoms with Gasteiger partial charge in [0.15, 0.2) is 0 Å². The monoisotopic (exact) mass is 497 g/mol. The lowest BCUT2D eigenvalue weighted by Crippen LogP contribution is -2.52. The summed E-state index contributed by atoms with van der Waals surface area (Å²) < 4.78 is 11.5. The zero-order valence-corrected chi connectivity index (χ0v) is 22.0. The molecule has 4 rings (SSSR count). The summed E-state index contributed by atoms with van der Waals surface area (Å²) in [6.07, 6.45) is 6.38. The predicted molar refractivity (Wildman–Crippen MR) is 139 cm³/mol. The van der Waals surface area contributed by atoms with Crippen LogP contribution < -0.4 is 4.74 Å². The molecule has 1 aromatic rings. The third-order valence-electron chi connectivity index (χ3n) is 7.02. The number of ether oxygens (including phenoxy) is 2. The van der Waals surface area contributed by atoms with Crippen LogP contribution in [-0.2, 0) is 14.4 Å². The van der Waals surface area contributed by atoms with Gasteiger partial charge in [-0.2, -0.15) is 0 Å². The third-order valence-corrected chi connectivity index (χ3v) is 7.02. The van der Waals surface area contributed by atoms with Crippen LogP contribution in [0.3, 0.4) is 0 Å². The fraction of sp³-hybridized carbons (Fsp3) is 0.607. The number of benzene rings is 1. The zero-order valence-electron chi connectivity index (χ0n) is 22.0. The Morgan fingerprint density at radius 3 is 2.31 bits per heavy atom. The van der Waals surface area contributed by atoms with E-state index in [1.165, 1.54) is 18.2 Å². The van der Waals surface area contributed by atoms with Gasteiger partial charge >= 0.3 is 6.09 Å². The average Bonchev–Trinajstić information content (AvgIpc) is 2.84. The van der Waals surface area contributed by atoms with E-state index < -0.39 is 5.60 Å². The number of nitrogens with zero attached hydrogens (tertiary/aromatic N) is 3. The molecule has 0 radical (unpaired) electrons. The normalized spacial score (nSPS) is 20.8. The van der Waals surface area contributed by atoms with Gasteiger partial charge in [-0.05, 0) is 82.1 Å². The highest BCUT2D eigenvalue weighted by atomic mass is 16.6. The Morgan fingerprint density at radius 2 is 1.72 bits per heavy atom. The van der Waals surface area contributed by atoms with Crippen LogP contribution in [0.5, 0.6) is 5.75 Å². The Kier molecular flexibility index (Phi) is 8.21. The fourth-order valence-electron chi connectivity index (χ4n) is 4.90. The molecule has 2 fully saturated rings. The van der Waals surface area contributed by atoms with Gasteiger partial charge in [0.25, 0.3) is 0 Å². The number of carbonyl (C=O) groups excluding carboxylic acids is 2. The maximum absolute atomic E-state index is 12.7. The summed E-state index contributed by atoms with van der Waals surface area (Å²) in [7, 11) is 1.53. The van der Waals surface area contributed by atoms with Crippen LogP contribution in [-0.4, -0.2) is 73.0 Å². The number of allylic oxidation sites excluding steroid dienone is 2. The van der Waals surface area contributed by atoms with Gasteiger partial charge < -0.3 is 24.1 Å². The third kappa shape index (κ3) is 6.80. The lowest BCUT2D eigenvalue weighted by molar-refractivity contribution is -0.135. The number of hydrogen-bond acceptors (Lipinski definition) is 6. The van der Waals surface area contributed by atoms with E-state index in [9.17, 15) is 9.59 Å². The van der Waals surface area contributed by atoms with Crippen molar-refractivity contribution >= 4 is 23.3 Å². The van der Waals surface area contributed by atoms with E-state index in [-0.39, 0.29) is 17.9 Å². The molecule has 196 valence electrons. The van der Waals surface area contributed by atoms with Crippen molar-refractivity contribution in [2.24, 2.45) is 17.0 Å². The minimum atomic E-state index is -0.464. The summed E-state index contributed by atoms with van der Waals surface area (Å²) in [4.78, 5) is 33.3. The molecule has 0 spiro atoms. The Hall–Kier alpha value is -3.03. The summed E-state index contributed by atoms with van der Waals surface area (Å²) in [6.45, 7) is 8.92. The van der Waals surface area contributed by atoms with Crippen molar-refractivity contribution in [3.05, 3.63) is 35.9 Å². The highest BCUT2D eigenvalue weighted by Gasteiger charge is 2.33. The summed E-state index contributed by atoms with van der Waals surface area (Å²) in [5, 5.41) is 3.91. The van der Waals surface area contributed by atoms with E-state index in [1.807, 2.05) is 37.8 Å². The first-order valence-corrected chi connectivity index (χ1v) is 13.0. The molecule has 1 atom stereocenters. The molecule has 2 aliphatic heterocycles. The van der Waals surface area contributed by atoms with Gasteiger partial charge in [0.05, 0.1) is 25.4 Å². The zero-order chi connectivity index (χ0) is 25.7. The number of amides is 2. The molecule has 3 aliphatic rings. The number of rotatable bonds is 6. The lowest BCUT2D eigenvalue weighted by atomic mass is 9.85. The summed E-state index contributed by atoms with van der Waals surface area (Å²) in [5.41, 5.74) is 2.95. The fourth-order valence-corrected chi connectivity index (χ4v) is 4.90. The second-order valence-electron chi connectivity index (χ2n) is 11.0. The first-order valence-electron chi connectivity index (χ1n) is 13.0. The summed E-state index contributed by atoms with van der Waals surface area (Å²) >= 11 is 0. The summed E-state index contributed by atoms with van der Waals surface area (Å²) in [5.74, 6) is 1.58. The minimum Gasteiger partial charge on any atom is -0.493 e. The van der Waals surface area contributed by atoms with E-state index in [4.69, 9.17) is 14.3 Å². The average molecular weight is 498 g/mol. The molecule has 0 aromatic heterocycles. The molecule has 36 heavy (non-hydrogen) atoms. The number of oxime groups is 1. The molecule has 0 bridgehead atoms. The van der Waals surface area contributed by atoms with Crippen molar-refractivity contribution in [2.75, 3.05) is 39.9 Å². The van der Waals surface area contributed by atoms with Gasteiger partial charge in [0.2, 0.25) is 5.91 Å². The molecule has 1 aromatic carbocycles. The van der Waals surface area contributed by atoms with E-state index in [1.54, 1.807) is 4.90 Å². The highest BCUT2D eigenvalue weighted by Crippen LogP contribution is 2.33. The van der Waals surface area contributed by atoms with Gasteiger partial charge in [-0.3, -0.25) is 4.79 Å². The first kappa shape index (κ1) is 26.0. The topological polar surface area (TPSA) is 80.7 Å². The van der Waals surface area contributed by atoms with Crippen molar-refractivity contribution in [3.63, 3.8) is 0 Å². The maximum Gasteiger partial charge on any atom is 0.410 e. The van der Waals surface area contributed by atoms with E-state index in [0.29, 0.717) is 38.7 Å². The first-order chi connectivity index (χ1) is 17.2. The predicted octanol–water partition coefficient (Wildman–Crippen LogP) is 4.74. The smallest absolute Gasteiger partial charge is 0.410 e. The summed E-state index contributed by atoms with van der Waals surface area (Å²) in [6, 6.07) is 8.27. The van der Waals surface area contributed by atoms with Crippen LogP contribution in [0.1, 0.15) is 58.4 Å². The Bertz CT molecular complexity index is 979. The quantitative estimate of drug-likeness (QED) is 0.531. The van der Waals surface area contributed by atoms with E-state index in [2.05, 4.69) is 23.4 Å². The van der Waals surface area contributed by atoms with Crippen LogP contribution in [0.4, 0.5) is 4.79 Å². The molecule has 1 aliphatic carbocycles. The minimum absolute atomic E-state index is 0.0576. The van der Waals surface area contributed by atoms with Crippen molar-refractivity contribution in [3.8, 4) is 5.75 Å². The Balaban J connectivity index is 1.19. The van der Waals surface area contributed by atoms with E-state index >= 15 is 0 Å². The van der Waals surface area contributed by atoms with Crippen molar-refractivity contribution in [1.29, 1.82) is 0 Å².